The van der Waals surface area contributed by atoms with Crippen molar-refractivity contribution in [3.05, 3.63) is 34.2 Å². The van der Waals surface area contributed by atoms with Crippen LogP contribution in [0.15, 0.2) is 29.1 Å². The summed E-state index contributed by atoms with van der Waals surface area (Å²) in [6.45, 7) is 0. The summed E-state index contributed by atoms with van der Waals surface area (Å²) >= 11 is 9.47. The molecule has 0 unspecified atom stereocenters. The number of aromatic nitrogens is 3. The number of pyridine rings is 1. The van der Waals surface area contributed by atoms with Crippen molar-refractivity contribution in [2.75, 3.05) is 10.6 Å². The molecule has 0 spiro atoms. The lowest BCUT2D eigenvalue weighted by Crippen LogP contribution is -2.16. The summed E-state index contributed by atoms with van der Waals surface area (Å²) in [5.74, 6) is 1.19. The number of nitrogens with zero attached hydrogens (tertiary/aromatic N) is 3. The number of nitrogens with one attached hydrogen (secondary N) is 2. The molecule has 1 aliphatic rings. The highest BCUT2D eigenvalue weighted by Crippen LogP contribution is 2.26. The van der Waals surface area contributed by atoms with E-state index in [9.17, 15) is 0 Å². The molecular weight excluding hydrogens is 354 g/mol. The van der Waals surface area contributed by atoms with E-state index in [1.165, 1.54) is 25.7 Å². The van der Waals surface area contributed by atoms with Crippen LogP contribution < -0.4 is 10.6 Å². The molecule has 0 aliphatic heterocycles. The fourth-order valence-electron chi connectivity index (χ4n) is 2.37. The van der Waals surface area contributed by atoms with Crippen LogP contribution in [0.5, 0.6) is 0 Å². The summed E-state index contributed by atoms with van der Waals surface area (Å²) in [7, 11) is 0. The van der Waals surface area contributed by atoms with Gasteiger partial charge < -0.3 is 10.6 Å². The van der Waals surface area contributed by atoms with Crippen molar-refractivity contribution < 1.29 is 0 Å². The zero-order valence-corrected chi connectivity index (χ0v) is 13.7. The maximum absolute atomic E-state index is 6.16. The Balaban J connectivity index is 1.74. The Hall–Kier alpha value is -1.40. The van der Waals surface area contributed by atoms with Crippen molar-refractivity contribution >= 4 is 45.0 Å². The van der Waals surface area contributed by atoms with Gasteiger partial charge in [-0.25, -0.2) is 9.97 Å². The topological polar surface area (TPSA) is 62.7 Å². The monoisotopic (exact) mass is 367 g/mol. The predicted octanol–water partition coefficient (Wildman–Crippen LogP) is 4.39. The van der Waals surface area contributed by atoms with Gasteiger partial charge in [0.25, 0.3) is 0 Å². The number of halogens is 2. The van der Waals surface area contributed by atoms with Crippen LogP contribution in [0.1, 0.15) is 25.7 Å². The van der Waals surface area contributed by atoms with Gasteiger partial charge in [0, 0.05) is 6.04 Å². The van der Waals surface area contributed by atoms with Crippen molar-refractivity contribution in [1.82, 2.24) is 15.0 Å². The van der Waals surface area contributed by atoms with Crippen LogP contribution in [-0.4, -0.2) is 21.0 Å². The van der Waals surface area contributed by atoms with Crippen molar-refractivity contribution in [3.63, 3.8) is 0 Å². The molecule has 1 fully saturated rings. The third-order valence-electron chi connectivity index (χ3n) is 3.42. The Morgan fingerprint density at radius 3 is 2.67 bits per heavy atom. The zero-order chi connectivity index (χ0) is 14.7. The number of rotatable bonds is 4. The Labute approximate surface area is 136 Å². The first-order chi connectivity index (χ1) is 10.2. The van der Waals surface area contributed by atoms with Crippen LogP contribution in [-0.2, 0) is 0 Å². The van der Waals surface area contributed by atoms with Gasteiger partial charge in [-0.05, 0) is 40.9 Å². The minimum absolute atomic E-state index is 0.458. The molecule has 2 N–H and O–H groups in total. The molecule has 110 valence electrons. The first-order valence-electron chi connectivity index (χ1n) is 6.88. The summed E-state index contributed by atoms with van der Waals surface area (Å²) in [4.78, 5) is 12.8. The van der Waals surface area contributed by atoms with Gasteiger partial charge in [0.15, 0.2) is 5.82 Å². The third kappa shape index (κ3) is 3.83. The molecule has 3 rings (SSSR count). The molecule has 0 amide bonds. The number of anilines is 3. The van der Waals surface area contributed by atoms with E-state index in [4.69, 9.17) is 11.6 Å². The lowest BCUT2D eigenvalue weighted by molar-refractivity contribution is 0.750. The lowest BCUT2D eigenvalue weighted by Gasteiger charge is -2.14. The highest BCUT2D eigenvalue weighted by molar-refractivity contribution is 9.10. The lowest BCUT2D eigenvalue weighted by atomic mass is 10.2. The summed E-state index contributed by atoms with van der Waals surface area (Å²) < 4.78 is 0.786. The molecule has 7 heteroatoms. The van der Waals surface area contributed by atoms with Gasteiger partial charge in [0.1, 0.15) is 9.63 Å². The molecule has 21 heavy (non-hydrogen) atoms. The maximum atomic E-state index is 6.16. The van der Waals surface area contributed by atoms with Gasteiger partial charge >= 0.3 is 0 Å². The van der Waals surface area contributed by atoms with Crippen LogP contribution in [0.4, 0.5) is 17.5 Å². The van der Waals surface area contributed by atoms with Crippen LogP contribution in [0.3, 0.4) is 0 Å². The molecule has 0 atom stereocenters. The van der Waals surface area contributed by atoms with E-state index in [2.05, 4.69) is 41.5 Å². The third-order valence-corrected chi connectivity index (χ3v) is 4.17. The highest BCUT2D eigenvalue weighted by Gasteiger charge is 2.17. The summed E-state index contributed by atoms with van der Waals surface area (Å²) in [5, 5.41) is 7.06. The Morgan fingerprint density at radius 1 is 1.14 bits per heavy atom. The average Bonchev–Trinajstić information content (AvgIpc) is 2.98. The normalized spacial score (nSPS) is 15.1. The Morgan fingerprint density at radius 2 is 1.95 bits per heavy atom. The molecule has 0 bridgehead atoms. The van der Waals surface area contributed by atoms with Gasteiger partial charge in [-0.3, -0.25) is 0 Å². The van der Waals surface area contributed by atoms with Crippen molar-refractivity contribution in [2.24, 2.45) is 0 Å². The van der Waals surface area contributed by atoms with E-state index < -0.39 is 0 Å². The van der Waals surface area contributed by atoms with E-state index >= 15 is 0 Å². The fraction of sp³-hybridized carbons (Fsp3) is 0.357. The largest absolute Gasteiger partial charge is 0.366 e. The van der Waals surface area contributed by atoms with Gasteiger partial charge in [0.2, 0.25) is 5.95 Å². The summed E-state index contributed by atoms with van der Waals surface area (Å²) in [6, 6.07) is 4.22. The number of hydrogen-bond acceptors (Lipinski definition) is 5. The van der Waals surface area contributed by atoms with E-state index in [1.54, 1.807) is 12.4 Å². The smallest absolute Gasteiger partial charge is 0.229 e. The number of hydrogen-bond donors (Lipinski definition) is 2. The van der Waals surface area contributed by atoms with Gasteiger partial charge in [-0.15, -0.1) is 0 Å². The molecule has 1 saturated carbocycles. The van der Waals surface area contributed by atoms with E-state index in [0.717, 1.165) is 10.3 Å². The SMILES string of the molecule is Clc1cnc(Nc2ccc(Br)nc2)nc1NC1CCCC1. The van der Waals surface area contributed by atoms with Crippen molar-refractivity contribution in [2.45, 2.75) is 31.7 Å². The standard InChI is InChI=1S/C14H15BrClN5/c15-12-6-5-10(7-17-12)20-14-18-8-11(16)13(21-14)19-9-3-1-2-4-9/h5-9H,1-4H2,(H2,18,19,20,21). The second-order valence-corrected chi connectivity index (χ2v) is 6.23. The second kappa shape index (κ2) is 6.58. The summed E-state index contributed by atoms with van der Waals surface area (Å²) in [5.41, 5.74) is 0.826. The predicted molar refractivity (Wildman–Crippen MR) is 88.1 cm³/mol. The minimum Gasteiger partial charge on any atom is -0.366 e. The quantitative estimate of drug-likeness (QED) is 0.784. The molecular formula is C14H15BrClN5. The van der Waals surface area contributed by atoms with Crippen molar-refractivity contribution in [1.29, 1.82) is 0 Å². The first-order valence-corrected chi connectivity index (χ1v) is 8.05. The molecule has 0 radical (unpaired) electrons. The van der Waals surface area contributed by atoms with Crippen LogP contribution in [0.25, 0.3) is 0 Å². The van der Waals surface area contributed by atoms with E-state index in [-0.39, 0.29) is 0 Å². The van der Waals surface area contributed by atoms with E-state index in [1.807, 2.05) is 12.1 Å². The minimum atomic E-state index is 0.458. The molecule has 5 nitrogen and oxygen atoms in total. The summed E-state index contributed by atoms with van der Waals surface area (Å²) in [6.07, 6.45) is 8.18. The molecule has 2 aromatic rings. The first kappa shape index (κ1) is 14.5. The zero-order valence-electron chi connectivity index (χ0n) is 11.3. The molecule has 0 aromatic carbocycles. The van der Waals surface area contributed by atoms with Crippen LogP contribution in [0, 0.1) is 0 Å². The maximum Gasteiger partial charge on any atom is 0.229 e. The fourth-order valence-corrected chi connectivity index (χ4v) is 2.75. The van der Waals surface area contributed by atoms with Crippen molar-refractivity contribution in [3.8, 4) is 0 Å². The average molecular weight is 369 g/mol. The Kier molecular flexibility index (Phi) is 4.55. The second-order valence-electron chi connectivity index (χ2n) is 5.01. The van der Waals surface area contributed by atoms with Crippen LogP contribution >= 0.6 is 27.5 Å². The van der Waals surface area contributed by atoms with Gasteiger partial charge in [0.05, 0.1) is 18.1 Å². The molecule has 0 saturated heterocycles. The Bertz CT molecular complexity index is 613. The van der Waals surface area contributed by atoms with Crippen LogP contribution in [0.2, 0.25) is 5.02 Å². The highest BCUT2D eigenvalue weighted by atomic mass is 79.9. The molecule has 2 aromatic heterocycles. The molecule has 1 aliphatic carbocycles. The molecule has 2 heterocycles. The van der Waals surface area contributed by atoms with Gasteiger partial charge in [-0.2, -0.15) is 4.98 Å². The van der Waals surface area contributed by atoms with Gasteiger partial charge in [-0.1, -0.05) is 24.4 Å². The van der Waals surface area contributed by atoms with E-state index in [0.29, 0.717) is 22.8 Å².